The van der Waals surface area contributed by atoms with Crippen molar-refractivity contribution < 1.29 is 19.8 Å². The number of nitrogens with one attached hydrogen (secondary N) is 1. The molecule has 0 fully saturated rings. The Morgan fingerprint density at radius 2 is 1.67 bits per heavy atom. The molecule has 2 rings (SSSR count). The summed E-state index contributed by atoms with van der Waals surface area (Å²) in [6, 6.07) is 11.4. The fourth-order valence-electron chi connectivity index (χ4n) is 1.66. The molecule has 0 radical (unpaired) electrons. The number of benzene rings is 2. The lowest BCUT2D eigenvalue weighted by Gasteiger charge is -2.08. The number of carboxylic acid groups (broad SMARTS) is 1. The third-order valence-corrected chi connectivity index (χ3v) is 2.77. The maximum Gasteiger partial charge on any atom is 0.335 e. The van der Waals surface area contributed by atoms with Gasteiger partial charge in [-0.25, -0.2) is 4.79 Å². The Morgan fingerprint density at radius 1 is 1.05 bits per heavy atom. The summed E-state index contributed by atoms with van der Waals surface area (Å²) in [4.78, 5) is 22.9. The topological polar surface area (TPSA) is 110 Å². The largest absolute Gasteiger partial charge is 0.506 e. The average molecular weight is 282 g/mol. The van der Waals surface area contributed by atoms with Gasteiger partial charge < -0.3 is 15.5 Å². The van der Waals surface area contributed by atoms with Gasteiger partial charge in [-0.15, -0.1) is 0 Å². The van der Waals surface area contributed by atoms with E-state index >= 15 is 0 Å². The van der Waals surface area contributed by atoms with Crippen LogP contribution in [0.1, 0.15) is 26.3 Å². The van der Waals surface area contributed by atoms with Crippen LogP contribution in [-0.4, -0.2) is 22.1 Å². The summed E-state index contributed by atoms with van der Waals surface area (Å²) < 4.78 is 0. The molecule has 0 saturated heterocycles. The monoisotopic (exact) mass is 282 g/mol. The highest BCUT2D eigenvalue weighted by Crippen LogP contribution is 2.24. The highest BCUT2D eigenvalue weighted by Gasteiger charge is 2.12. The van der Waals surface area contributed by atoms with Crippen molar-refractivity contribution in [3.63, 3.8) is 0 Å². The predicted molar refractivity (Wildman–Crippen MR) is 74.2 cm³/mol. The third-order valence-electron chi connectivity index (χ3n) is 2.77. The fraction of sp³-hybridized carbons (Fsp3) is 0. The van der Waals surface area contributed by atoms with Gasteiger partial charge in [-0.2, -0.15) is 5.26 Å². The Labute approximate surface area is 119 Å². The van der Waals surface area contributed by atoms with Crippen molar-refractivity contribution in [1.82, 2.24) is 0 Å². The molecule has 0 bridgehead atoms. The Bertz CT molecular complexity index is 745. The Morgan fingerprint density at radius 3 is 2.24 bits per heavy atom. The molecule has 6 heteroatoms. The Hall–Kier alpha value is -3.33. The summed E-state index contributed by atoms with van der Waals surface area (Å²) in [6.45, 7) is 0. The second kappa shape index (κ2) is 5.75. The lowest BCUT2D eigenvalue weighted by molar-refractivity contribution is 0.0696. The van der Waals surface area contributed by atoms with Gasteiger partial charge in [0.15, 0.2) is 0 Å². The van der Waals surface area contributed by atoms with Gasteiger partial charge in [0.1, 0.15) is 5.75 Å². The zero-order valence-electron chi connectivity index (χ0n) is 10.7. The molecule has 0 saturated carbocycles. The van der Waals surface area contributed by atoms with E-state index in [0.29, 0.717) is 5.56 Å². The lowest BCUT2D eigenvalue weighted by Crippen LogP contribution is -2.12. The number of carbonyl (C=O) groups is 2. The molecule has 0 spiro atoms. The minimum Gasteiger partial charge on any atom is -0.506 e. The number of carboxylic acids is 1. The van der Waals surface area contributed by atoms with Gasteiger partial charge >= 0.3 is 5.97 Å². The van der Waals surface area contributed by atoms with Gasteiger partial charge in [-0.05, 0) is 42.5 Å². The molecule has 0 heterocycles. The highest BCUT2D eigenvalue weighted by atomic mass is 16.4. The van der Waals surface area contributed by atoms with Crippen LogP contribution in [0.4, 0.5) is 5.69 Å². The van der Waals surface area contributed by atoms with Gasteiger partial charge in [0, 0.05) is 5.56 Å². The number of phenolic OH excluding ortho intramolecular Hbond substituents is 1. The van der Waals surface area contributed by atoms with Crippen LogP contribution >= 0.6 is 0 Å². The van der Waals surface area contributed by atoms with E-state index in [1.165, 1.54) is 42.5 Å². The molecule has 0 unspecified atom stereocenters. The Kier molecular flexibility index (Phi) is 3.86. The zero-order valence-corrected chi connectivity index (χ0v) is 10.7. The predicted octanol–water partition coefficient (Wildman–Crippen LogP) is 2.21. The second-order valence-corrected chi connectivity index (χ2v) is 4.18. The molecule has 0 aliphatic rings. The lowest BCUT2D eigenvalue weighted by atomic mass is 10.1. The number of hydrogen-bond acceptors (Lipinski definition) is 4. The van der Waals surface area contributed by atoms with E-state index < -0.39 is 11.9 Å². The summed E-state index contributed by atoms with van der Waals surface area (Å²) in [6.07, 6.45) is 0. The third kappa shape index (κ3) is 3.16. The number of amides is 1. The van der Waals surface area contributed by atoms with Crippen molar-refractivity contribution in [3.8, 4) is 11.8 Å². The van der Waals surface area contributed by atoms with Gasteiger partial charge in [-0.3, -0.25) is 4.79 Å². The first-order valence-corrected chi connectivity index (χ1v) is 5.89. The van der Waals surface area contributed by atoms with E-state index in [2.05, 4.69) is 5.32 Å². The van der Waals surface area contributed by atoms with Crippen LogP contribution in [-0.2, 0) is 0 Å². The van der Waals surface area contributed by atoms with Crippen LogP contribution in [0.25, 0.3) is 0 Å². The fourth-order valence-corrected chi connectivity index (χ4v) is 1.66. The summed E-state index contributed by atoms with van der Waals surface area (Å²) >= 11 is 0. The van der Waals surface area contributed by atoms with Gasteiger partial charge in [-0.1, -0.05) is 0 Å². The summed E-state index contributed by atoms with van der Waals surface area (Å²) in [5.74, 6) is -1.91. The standard InChI is InChI=1S/C15H10N2O4/c16-8-9-1-3-10(4-2-9)14(19)17-12-7-11(15(20)21)5-6-13(12)18/h1-7,18H,(H,17,19)(H,20,21). The number of carbonyl (C=O) groups excluding carboxylic acids is 1. The Balaban J connectivity index is 2.24. The summed E-state index contributed by atoms with van der Waals surface area (Å²) in [7, 11) is 0. The van der Waals surface area contributed by atoms with Crippen LogP contribution in [0, 0.1) is 11.3 Å². The van der Waals surface area contributed by atoms with Crippen LogP contribution in [0.2, 0.25) is 0 Å². The molecule has 0 aliphatic carbocycles. The molecular formula is C15H10N2O4. The van der Waals surface area contributed by atoms with Crippen LogP contribution in [0.5, 0.6) is 5.75 Å². The molecule has 0 aliphatic heterocycles. The number of phenols is 1. The van der Waals surface area contributed by atoms with E-state index in [0.717, 1.165) is 0 Å². The molecule has 104 valence electrons. The quantitative estimate of drug-likeness (QED) is 0.747. The normalized spacial score (nSPS) is 9.67. The van der Waals surface area contributed by atoms with Crippen molar-refractivity contribution in [2.75, 3.05) is 5.32 Å². The van der Waals surface area contributed by atoms with E-state index in [1.807, 2.05) is 6.07 Å². The van der Waals surface area contributed by atoms with Crippen molar-refractivity contribution >= 4 is 17.6 Å². The average Bonchev–Trinajstić information content (AvgIpc) is 2.49. The van der Waals surface area contributed by atoms with E-state index in [1.54, 1.807) is 0 Å². The number of nitriles is 1. The van der Waals surface area contributed by atoms with Crippen molar-refractivity contribution in [1.29, 1.82) is 5.26 Å². The maximum absolute atomic E-state index is 12.0. The van der Waals surface area contributed by atoms with Crippen molar-refractivity contribution in [2.45, 2.75) is 0 Å². The molecule has 2 aromatic rings. The molecular weight excluding hydrogens is 272 g/mol. The SMILES string of the molecule is N#Cc1ccc(C(=O)Nc2cc(C(=O)O)ccc2O)cc1. The molecule has 2 aromatic carbocycles. The molecule has 0 aromatic heterocycles. The number of aromatic carboxylic acids is 1. The molecule has 1 amide bonds. The van der Waals surface area contributed by atoms with Gasteiger partial charge in [0.2, 0.25) is 0 Å². The smallest absolute Gasteiger partial charge is 0.335 e. The maximum atomic E-state index is 12.0. The minimum atomic E-state index is -1.16. The molecule has 21 heavy (non-hydrogen) atoms. The molecule has 6 nitrogen and oxygen atoms in total. The van der Waals surface area contributed by atoms with Crippen LogP contribution in [0.15, 0.2) is 42.5 Å². The van der Waals surface area contributed by atoms with Gasteiger partial charge in [0.25, 0.3) is 5.91 Å². The zero-order chi connectivity index (χ0) is 15.4. The van der Waals surface area contributed by atoms with Gasteiger partial charge in [0.05, 0.1) is 22.9 Å². The molecule has 0 atom stereocenters. The van der Waals surface area contributed by atoms with Crippen LogP contribution in [0.3, 0.4) is 0 Å². The summed E-state index contributed by atoms with van der Waals surface area (Å²) in [5, 5.41) is 29.6. The number of anilines is 1. The first kappa shape index (κ1) is 14.1. The van der Waals surface area contributed by atoms with Crippen molar-refractivity contribution in [3.05, 3.63) is 59.2 Å². The number of nitrogens with zero attached hydrogens (tertiary/aromatic N) is 1. The van der Waals surface area contributed by atoms with E-state index in [9.17, 15) is 14.7 Å². The first-order chi connectivity index (χ1) is 10.0. The number of aromatic hydroxyl groups is 1. The van der Waals surface area contributed by atoms with E-state index in [4.69, 9.17) is 10.4 Å². The number of rotatable bonds is 3. The van der Waals surface area contributed by atoms with E-state index in [-0.39, 0.29) is 22.6 Å². The van der Waals surface area contributed by atoms with Crippen molar-refractivity contribution in [2.24, 2.45) is 0 Å². The first-order valence-electron chi connectivity index (χ1n) is 5.89. The van der Waals surface area contributed by atoms with Crippen LogP contribution < -0.4 is 5.32 Å². The second-order valence-electron chi connectivity index (χ2n) is 4.18. The number of hydrogen-bond donors (Lipinski definition) is 3. The molecule has 3 N–H and O–H groups in total. The minimum absolute atomic E-state index is 0.00394. The highest BCUT2D eigenvalue weighted by molar-refractivity contribution is 6.05. The summed E-state index contributed by atoms with van der Waals surface area (Å²) in [5.41, 5.74) is 0.656.